The zero-order valence-corrected chi connectivity index (χ0v) is 18.0. The highest BCUT2D eigenvalue weighted by atomic mass is 127. The van der Waals surface area contributed by atoms with Crippen molar-refractivity contribution in [3.8, 4) is 5.69 Å². The maximum atomic E-state index is 5.29. The molecule has 1 atom stereocenters. The van der Waals surface area contributed by atoms with Crippen molar-refractivity contribution in [1.29, 1.82) is 0 Å². The molecule has 144 valence electrons. The van der Waals surface area contributed by atoms with E-state index in [9.17, 15) is 0 Å². The maximum Gasteiger partial charge on any atom is 0.191 e. The number of hydrogen-bond donors (Lipinski definition) is 2. The van der Waals surface area contributed by atoms with Crippen LogP contribution in [0.5, 0.6) is 0 Å². The van der Waals surface area contributed by atoms with Crippen molar-refractivity contribution in [2.24, 2.45) is 4.99 Å². The molecule has 3 aromatic rings. The molecule has 0 spiro atoms. The molecule has 2 N–H and O–H groups in total. The molecule has 2 heterocycles. The summed E-state index contributed by atoms with van der Waals surface area (Å²) in [6, 6.07) is 12.2. The van der Waals surface area contributed by atoms with Crippen molar-refractivity contribution in [1.82, 2.24) is 25.6 Å². The third-order valence-electron chi connectivity index (χ3n) is 4.12. The van der Waals surface area contributed by atoms with Crippen LogP contribution in [0.25, 0.3) is 5.69 Å². The van der Waals surface area contributed by atoms with E-state index in [2.05, 4.69) is 51.9 Å². The van der Waals surface area contributed by atoms with Crippen LogP contribution in [-0.4, -0.2) is 27.9 Å². The zero-order valence-electron chi connectivity index (χ0n) is 15.7. The molecule has 3 rings (SSSR count). The van der Waals surface area contributed by atoms with Gasteiger partial charge in [0, 0.05) is 25.5 Å². The molecule has 0 fully saturated rings. The van der Waals surface area contributed by atoms with Gasteiger partial charge in [0.05, 0.1) is 24.0 Å². The second-order valence-electron chi connectivity index (χ2n) is 5.98. The molecule has 0 radical (unpaired) electrons. The number of nitrogens with one attached hydrogen (secondary N) is 2. The van der Waals surface area contributed by atoms with Crippen molar-refractivity contribution in [3.05, 3.63) is 65.8 Å². The molecule has 1 unspecified atom stereocenters. The van der Waals surface area contributed by atoms with E-state index < -0.39 is 0 Å². The first kappa shape index (κ1) is 20.9. The lowest BCUT2D eigenvalue weighted by atomic mass is 10.1. The fourth-order valence-electron chi connectivity index (χ4n) is 2.62. The van der Waals surface area contributed by atoms with Crippen molar-refractivity contribution in [2.75, 3.05) is 7.05 Å². The summed E-state index contributed by atoms with van der Waals surface area (Å²) < 4.78 is 7.14. The van der Waals surface area contributed by atoms with E-state index in [0.29, 0.717) is 12.5 Å². The second-order valence-corrected chi connectivity index (χ2v) is 5.98. The Kier molecular flexibility index (Phi) is 7.83. The van der Waals surface area contributed by atoms with Gasteiger partial charge in [0.15, 0.2) is 11.7 Å². The number of benzene rings is 1. The minimum atomic E-state index is 0. The van der Waals surface area contributed by atoms with Crippen molar-refractivity contribution in [2.45, 2.75) is 32.9 Å². The predicted octanol–water partition coefficient (Wildman–Crippen LogP) is 3.47. The lowest BCUT2D eigenvalue weighted by molar-refractivity contribution is 0.374. The summed E-state index contributed by atoms with van der Waals surface area (Å²) in [6.07, 6.45) is 4.56. The topological polar surface area (TPSA) is 80.3 Å². The van der Waals surface area contributed by atoms with Crippen molar-refractivity contribution >= 4 is 29.9 Å². The maximum absolute atomic E-state index is 5.29. The molecule has 27 heavy (non-hydrogen) atoms. The standard InChI is InChI=1S/C19H24N6O.HI/c1-4-16-12-18(26-24-16)13-21-19(20-3)23-14(2)15-7-5-8-17(11-15)25-10-6-9-22-25;/h5-12,14H,4,13H2,1-3H3,(H2,20,21,23);1H. The third kappa shape index (κ3) is 5.56. The molecule has 0 aliphatic rings. The van der Waals surface area contributed by atoms with Crippen LogP contribution in [0.1, 0.15) is 36.9 Å². The fraction of sp³-hybridized carbons (Fsp3) is 0.316. The molecule has 1 aromatic carbocycles. The highest BCUT2D eigenvalue weighted by Crippen LogP contribution is 2.16. The number of rotatable bonds is 6. The molecule has 0 aliphatic heterocycles. The Morgan fingerprint density at radius 1 is 1.30 bits per heavy atom. The molecule has 8 heteroatoms. The molecule has 0 amide bonds. The van der Waals surface area contributed by atoms with Gasteiger partial charge in [-0.1, -0.05) is 24.2 Å². The molecule has 0 saturated heterocycles. The fourth-order valence-corrected chi connectivity index (χ4v) is 2.62. The molecule has 0 aliphatic carbocycles. The van der Waals surface area contributed by atoms with Crippen LogP contribution in [0, 0.1) is 0 Å². The van der Waals surface area contributed by atoms with E-state index >= 15 is 0 Å². The lowest BCUT2D eigenvalue weighted by Gasteiger charge is -2.18. The number of aromatic nitrogens is 3. The Morgan fingerprint density at radius 2 is 2.15 bits per heavy atom. The third-order valence-corrected chi connectivity index (χ3v) is 4.12. The minimum absolute atomic E-state index is 0. The van der Waals surface area contributed by atoms with E-state index in [0.717, 1.165) is 29.1 Å². The predicted molar refractivity (Wildman–Crippen MR) is 117 cm³/mol. The van der Waals surface area contributed by atoms with Gasteiger partial charge in [-0.3, -0.25) is 4.99 Å². The Balaban J connectivity index is 0.00000261. The number of guanidine groups is 1. The zero-order chi connectivity index (χ0) is 18.4. The summed E-state index contributed by atoms with van der Waals surface area (Å²) in [5.74, 6) is 1.49. The normalized spacial score (nSPS) is 12.3. The summed E-state index contributed by atoms with van der Waals surface area (Å²) in [7, 11) is 1.75. The van der Waals surface area contributed by atoms with Gasteiger partial charge in [0.1, 0.15) is 0 Å². The van der Waals surface area contributed by atoms with E-state index in [4.69, 9.17) is 4.52 Å². The van der Waals surface area contributed by atoms with Crippen LogP contribution in [0.15, 0.2) is 58.3 Å². The molecular formula is C19H25IN6O. The summed E-state index contributed by atoms with van der Waals surface area (Å²) >= 11 is 0. The van der Waals surface area contributed by atoms with Crippen LogP contribution >= 0.6 is 24.0 Å². The molecule has 7 nitrogen and oxygen atoms in total. The van der Waals surface area contributed by atoms with E-state index in [1.54, 1.807) is 13.2 Å². The van der Waals surface area contributed by atoms with Crippen molar-refractivity contribution in [3.63, 3.8) is 0 Å². The first-order valence-electron chi connectivity index (χ1n) is 8.71. The van der Waals surface area contributed by atoms with Crippen molar-refractivity contribution < 1.29 is 4.52 Å². The van der Waals surface area contributed by atoms with Gasteiger partial charge >= 0.3 is 0 Å². The quantitative estimate of drug-likeness (QED) is 0.321. The van der Waals surface area contributed by atoms with Crippen LogP contribution in [0.3, 0.4) is 0 Å². The minimum Gasteiger partial charge on any atom is -0.359 e. The summed E-state index contributed by atoms with van der Waals surface area (Å²) in [5, 5.41) is 14.9. The summed E-state index contributed by atoms with van der Waals surface area (Å²) in [4.78, 5) is 4.28. The van der Waals surface area contributed by atoms with Gasteiger partial charge in [0.2, 0.25) is 0 Å². The SMILES string of the molecule is CCc1cc(CNC(=NC)NC(C)c2cccc(-n3cccn3)c2)on1.I. The lowest BCUT2D eigenvalue weighted by Crippen LogP contribution is -2.38. The first-order chi connectivity index (χ1) is 12.7. The first-order valence-corrected chi connectivity index (χ1v) is 8.71. The smallest absolute Gasteiger partial charge is 0.191 e. The van der Waals surface area contributed by atoms with E-state index in [1.807, 2.05) is 35.1 Å². The number of nitrogens with zero attached hydrogens (tertiary/aromatic N) is 4. The Morgan fingerprint density at radius 3 is 2.81 bits per heavy atom. The largest absolute Gasteiger partial charge is 0.359 e. The average molecular weight is 480 g/mol. The van der Waals surface area contributed by atoms with Gasteiger partial charge in [0.25, 0.3) is 0 Å². The van der Waals surface area contributed by atoms with Gasteiger partial charge in [-0.25, -0.2) is 4.68 Å². The van der Waals surface area contributed by atoms with E-state index in [-0.39, 0.29) is 30.0 Å². The number of hydrogen-bond acceptors (Lipinski definition) is 4. The van der Waals surface area contributed by atoms with Crippen LogP contribution in [0.4, 0.5) is 0 Å². The van der Waals surface area contributed by atoms with E-state index in [1.165, 1.54) is 0 Å². The Labute approximate surface area is 176 Å². The monoisotopic (exact) mass is 480 g/mol. The summed E-state index contributed by atoms with van der Waals surface area (Å²) in [6.45, 7) is 4.68. The number of aliphatic imine (C=N–C) groups is 1. The summed E-state index contributed by atoms with van der Waals surface area (Å²) in [5.41, 5.74) is 3.13. The molecule has 0 saturated carbocycles. The van der Waals surface area contributed by atoms with Gasteiger partial charge < -0.3 is 15.2 Å². The van der Waals surface area contributed by atoms with Gasteiger partial charge in [-0.15, -0.1) is 24.0 Å². The van der Waals surface area contributed by atoms with Crippen LogP contribution in [-0.2, 0) is 13.0 Å². The number of halogens is 1. The molecule has 2 aromatic heterocycles. The Bertz CT molecular complexity index is 859. The average Bonchev–Trinajstić information content (AvgIpc) is 3.36. The highest BCUT2D eigenvalue weighted by molar-refractivity contribution is 14.0. The molecular weight excluding hydrogens is 455 g/mol. The van der Waals surface area contributed by atoms with Gasteiger partial charge in [-0.05, 0) is 37.1 Å². The van der Waals surface area contributed by atoms with Gasteiger partial charge in [-0.2, -0.15) is 5.10 Å². The second kappa shape index (κ2) is 10.1. The highest BCUT2D eigenvalue weighted by Gasteiger charge is 2.10. The van der Waals surface area contributed by atoms with Crippen LogP contribution < -0.4 is 10.6 Å². The Hall–Kier alpha value is -2.36. The number of aryl methyl sites for hydroxylation is 1. The molecule has 0 bridgehead atoms. The van der Waals surface area contributed by atoms with Crippen LogP contribution in [0.2, 0.25) is 0 Å².